The number of rotatable bonds is 4. The number of nitriles is 1. The largest absolute Gasteiger partial charge is 0.488 e. The molecule has 0 saturated carbocycles. The molecule has 100 valence electrons. The third-order valence-corrected chi connectivity index (χ3v) is 2.52. The minimum absolute atomic E-state index is 0.0148. The number of hydrogen-bond donors (Lipinski definition) is 1. The van der Waals surface area contributed by atoms with Crippen molar-refractivity contribution in [3.63, 3.8) is 0 Å². The van der Waals surface area contributed by atoms with Crippen LogP contribution in [0.15, 0.2) is 36.5 Å². The molecule has 1 aromatic heterocycles. The molecule has 0 amide bonds. The van der Waals surface area contributed by atoms with Gasteiger partial charge in [-0.15, -0.1) is 0 Å². The molecule has 20 heavy (non-hydrogen) atoms. The highest BCUT2D eigenvalue weighted by Crippen LogP contribution is 2.22. The van der Waals surface area contributed by atoms with Crippen molar-refractivity contribution in [3.8, 4) is 11.8 Å². The summed E-state index contributed by atoms with van der Waals surface area (Å²) >= 11 is 0. The Bertz CT molecular complexity index is 695. The topological polar surface area (TPSA) is 83.2 Å². The van der Waals surface area contributed by atoms with Gasteiger partial charge in [-0.3, -0.25) is 0 Å². The molecule has 0 aliphatic rings. The third kappa shape index (κ3) is 2.90. The van der Waals surface area contributed by atoms with E-state index in [1.807, 2.05) is 6.07 Å². The van der Waals surface area contributed by atoms with Gasteiger partial charge >= 0.3 is 5.97 Å². The second-order valence-electron chi connectivity index (χ2n) is 3.87. The first kappa shape index (κ1) is 13.5. The van der Waals surface area contributed by atoms with E-state index in [4.69, 9.17) is 15.1 Å². The Morgan fingerprint density at radius 3 is 2.95 bits per heavy atom. The monoisotopic (exact) mass is 272 g/mol. The van der Waals surface area contributed by atoms with Crippen molar-refractivity contribution in [3.05, 3.63) is 59.2 Å². The number of carboxylic acid groups (broad SMARTS) is 1. The number of aromatic carboxylic acids is 1. The fraction of sp³-hybridized carbons (Fsp3) is 0.0714. The first-order valence-corrected chi connectivity index (χ1v) is 5.61. The minimum atomic E-state index is -1.40. The maximum absolute atomic E-state index is 13.4. The van der Waals surface area contributed by atoms with E-state index in [9.17, 15) is 9.18 Å². The van der Waals surface area contributed by atoms with Crippen LogP contribution in [0.4, 0.5) is 4.39 Å². The Labute approximate surface area is 113 Å². The van der Waals surface area contributed by atoms with E-state index in [0.29, 0.717) is 5.56 Å². The van der Waals surface area contributed by atoms with Gasteiger partial charge in [0.25, 0.3) is 0 Å². The summed E-state index contributed by atoms with van der Waals surface area (Å²) in [5, 5.41) is 17.7. The smallest absolute Gasteiger partial charge is 0.342 e. The van der Waals surface area contributed by atoms with Crippen molar-refractivity contribution in [2.45, 2.75) is 6.61 Å². The van der Waals surface area contributed by atoms with E-state index in [-0.39, 0.29) is 18.1 Å². The van der Waals surface area contributed by atoms with Gasteiger partial charge in [0.15, 0.2) is 0 Å². The zero-order valence-electron chi connectivity index (χ0n) is 10.2. The van der Waals surface area contributed by atoms with E-state index < -0.39 is 17.3 Å². The lowest BCUT2D eigenvalue weighted by Crippen LogP contribution is -2.06. The molecule has 2 aromatic rings. The van der Waals surface area contributed by atoms with E-state index in [0.717, 1.165) is 6.07 Å². The molecule has 0 spiro atoms. The van der Waals surface area contributed by atoms with E-state index >= 15 is 0 Å². The predicted molar refractivity (Wildman–Crippen MR) is 66.6 cm³/mol. The van der Waals surface area contributed by atoms with Gasteiger partial charge < -0.3 is 9.84 Å². The molecule has 2 rings (SSSR count). The van der Waals surface area contributed by atoms with Crippen LogP contribution in [0, 0.1) is 17.1 Å². The van der Waals surface area contributed by atoms with E-state index in [1.165, 1.54) is 24.4 Å². The number of carbonyl (C=O) groups is 1. The van der Waals surface area contributed by atoms with Crippen molar-refractivity contribution in [1.29, 1.82) is 5.26 Å². The highest BCUT2D eigenvalue weighted by atomic mass is 19.1. The number of aromatic nitrogens is 1. The van der Waals surface area contributed by atoms with Crippen LogP contribution in [0.25, 0.3) is 0 Å². The molecule has 0 aliphatic heterocycles. The Kier molecular flexibility index (Phi) is 3.91. The van der Waals surface area contributed by atoms with Crippen LogP contribution in [-0.4, -0.2) is 16.1 Å². The summed E-state index contributed by atoms with van der Waals surface area (Å²) in [6, 6.07) is 8.81. The van der Waals surface area contributed by atoms with Crippen molar-refractivity contribution < 1.29 is 19.0 Å². The standard InChI is InChI=1S/C14H9FN2O3/c15-11-2-1-3-12(13(11)14(18)19)20-8-9-4-5-17-10(6-9)7-16/h1-6H,8H2,(H,18,19). The lowest BCUT2D eigenvalue weighted by molar-refractivity contribution is 0.0686. The van der Waals surface area contributed by atoms with Gasteiger partial charge in [0.2, 0.25) is 0 Å². The molecule has 0 unspecified atom stereocenters. The van der Waals surface area contributed by atoms with Crippen LogP contribution in [0.1, 0.15) is 21.6 Å². The summed E-state index contributed by atoms with van der Waals surface area (Å²) in [6.07, 6.45) is 1.45. The summed E-state index contributed by atoms with van der Waals surface area (Å²) < 4.78 is 18.7. The quantitative estimate of drug-likeness (QED) is 0.923. The third-order valence-electron chi connectivity index (χ3n) is 2.52. The fourth-order valence-corrected chi connectivity index (χ4v) is 1.62. The molecule has 0 saturated heterocycles. The number of benzene rings is 1. The summed E-state index contributed by atoms with van der Waals surface area (Å²) in [5.74, 6) is -2.32. The van der Waals surface area contributed by atoms with Crippen LogP contribution in [0.3, 0.4) is 0 Å². The van der Waals surface area contributed by atoms with E-state index in [2.05, 4.69) is 4.98 Å². The average Bonchev–Trinajstić information content (AvgIpc) is 2.45. The maximum atomic E-state index is 13.4. The molecule has 6 heteroatoms. The second kappa shape index (κ2) is 5.80. The Balaban J connectivity index is 2.21. The average molecular weight is 272 g/mol. The SMILES string of the molecule is N#Cc1cc(COc2cccc(F)c2C(=O)O)ccn1. The second-order valence-corrected chi connectivity index (χ2v) is 3.87. The molecule has 0 aliphatic carbocycles. The van der Waals surface area contributed by atoms with Gasteiger partial charge in [-0.1, -0.05) is 6.07 Å². The number of carboxylic acids is 1. The van der Waals surface area contributed by atoms with Gasteiger partial charge in [0, 0.05) is 6.20 Å². The summed E-state index contributed by atoms with van der Waals surface area (Å²) in [6.45, 7) is 0.0148. The molecule has 0 atom stereocenters. The zero-order valence-corrected chi connectivity index (χ0v) is 10.2. The fourth-order valence-electron chi connectivity index (χ4n) is 1.62. The Morgan fingerprint density at radius 1 is 1.45 bits per heavy atom. The molecule has 5 nitrogen and oxygen atoms in total. The highest BCUT2D eigenvalue weighted by Gasteiger charge is 2.16. The van der Waals surface area contributed by atoms with Crippen LogP contribution < -0.4 is 4.74 Å². The van der Waals surface area contributed by atoms with Gasteiger partial charge in [-0.05, 0) is 29.8 Å². The van der Waals surface area contributed by atoms with Crippen LogP contribution in [0.5, 0.6) is 5.75 Å². The molecular weight excluding hydrogens is 263 g/mol. The molecular formula is C14H9FN2O3. The summed E-state index contributed by atoms with van der Waals surface area (Å²) in [4.78, 5) is 14.8. The van der Waals surface area contributed by atoms with Crippen molar-refractivity contribution in [1.82, 2.24) is 4.98 Å². The number of halogens is 1. The highest BCUT2D eigenvalue weighted by molar-refractivity contribution is 5.91. The molecule has 1 N–H and O–H groups in total. The van der Waals surface area contributed by atoms with Gasteiger partial charge in [0.05, 0.1) is 0 Å². The van der Waals surface area contributed by atoms with Crippen LogP contribution in [0.2, 0.25) is 0 Å². The number of hydrogen-bond acceptors (Lipinski definition) is 4. The van der Waals surface area contributed by atoms with E-state index in [1.54, 1.807) is 6.07 Å². The van der Waals surface area contributed by atoms with Gasteiger partial charge in [-0.25, -0.2) is 14.2 Å². The lowest BCUT2D eigenvalue weighted by Gasteiger charge is -2.09. The molecule has 1 heterocycles. The van der Waals surface area contributed by atoms with Crippen molar-refractivity contribution >= 4 is 5.97 Å². The number of pyridine rings is 1. The molecule has 0 radical (unpaired) electrons. The molecule has 0 fully saturated rings. The Hall–Kier alpha value is -2.94. The first-order chi connectivity index (χ1) is 9.61. The van der Waals surface area contributed by atoms with Gasteiger partial charge in [0.1, 0.15) is 35.5 Å². The van der Waals surface area contributed by atoms with Crippen molar-refractivity contribution in [2.24, 2.45) is 0 Å². The van der Waals surface area contributed by atoms with Crippen molar-refractivity contribution in [2.75, 3.05) is 0 Å². The van der Waals surface area contributed by atoms with Gasteiger partial charge in [-0.2, -0.15) is 5.26 Å². The van der Waals surface area contributed by atoms with Crippen LogP contribution >= 0.6 is 0 Å². The first-order valence-electron chi connectivity index (χ1n) is 5.61. The zero-order chi connectivity index (χ0) is 14.5. The normalized spacial score (nSPS) is 9.80. The summed E-state index contributed by atoms with van der Waals surface area (Å²) in [7, 11) is 0. The number of ether oxygens (including phenoxy) is 1. The predicted octanol–water partition coefficient (Wildman–Crippen LogP) is 2.37. The molecule has 1 aromatic carbocycles. The van der Waals surface area contributed by atoms with Crippen LogP contribution in [-0.2, 0) is 6.61 Å². The number of nitrogens with zero attached hydrogens (tertiary/aromatic N) is 2. The lowest BCUT2D eigenvalue weighted by atomic mass is 10.2. The molecule has 0 bridgehead atoms. The minimum Gasteiger partial charge on any atom is -0.488 e. The summed E-state index contributed by atoms with van der Waals surface area (Å²) in [5.41, 5.74) is 0.350. The maximum Gasteiger partial charge on any atom is 0.342 e. The Morgan fingerprint density at radius 2 is 2.25 bits per heavy atom.